The summed E-state index contributed by atoms with van der Waals surface area (Å²) in [5.74, 6) is 0.256. The SMILES string of the molecule is COCCNCC(Cc1ccc(F)cc1)Cc1nccs1. The summed E-state index contributed by atoms with van der Waals surface area (Å²) in [4.78, 5) is 4.36. The number of rotatable bonds is 9. The zero-order valence-electron chi connectivity index (χ0n) is 12.2. The summed E-state index contributed by atoms with van der Waals surface area (Å²) in [6.45, 7) is 2.45. The number of hydrogen-bond acceptors (Lipinski definition) is 4. The van der Waals surface area contributed by atoms with E-state index in [1.165, 1.54) is 12.1 Å². The number of ether oxygens (including phenoxy) is 1. The van der Waals surface area contributed by atoms with Crippen LogP contribution >= 0.6 is 11.3 Å². The van der Waals surface area contributed by atoms with E-state index >= 15 is 0 Å². The number of nitrogens with zero attached hydrogens (tertiary/aromatic N) is 1. The molecule has 3 nitrogen and oxygen atoms in total. The Bertz CT molecular complexity index is 502. The molecule has 1 aromatic heterocycles. The van der Waals surface area contributed by atoms with Crippen LogP contribution in [0, 0.1) is 11.7 Å². The number of methoxy groups -OCH3 is 1. The Morgan fingerprint density at radius 3 is 2.76 bits per heavy atom. The molecule has 5 heteroatoms. The lowest BCUT2D eigenvalue weighted by molar-refractivity contribution is 0.197. The molecule has 0 fully saturated rings. The summed E-state index contributed by atoms with van der Waals surface area (Å²) in [6, 6.07) is 6.76. The minimum absolute atomic E-state index is 0.187. The Labute approximate surface area is 129 Å². The van der Waals surface area contributed by atoms with Crippen molar-refractivity contribution in [2.45, 2.75) is 12.8 Å². The molecule has 1 aromatic carbocycles. The molecule has 0 aliphatic carbocycles. The van der Waals surface area contributed by atoms with Gasteiger partial charge in [0.25, 0.3) is 0 Å². The molecule has 114 valence electrons. The van der Waals surface area contributed by atoms with Gasteiger partial charge in [0.05, 0.1) is 11.6 Å². The summed E-state index contributed by atoms with van der Waals surface area (Å²) in [7, 11) is 1.70. The standard InChI is InChI=1S/C16H21FN2OS/c1-20-8-6-18-12-14(11-16-19-7-9-21-16)10-13-2-4-15(17)5-3-13/h2-5,7,9,14,18H,6,8,10-12H2,1H3. The maximum Gasteiger partial charge on any atom is 0.123 e. The zero-order valence-corrected chi connectivity index (χ0v) is 13.0. The van der Waals surface area contributed by atoms with Gasteiger partial charge in [-0.05, 0) is 36.6 Å². The molecule has 2 rings (SSSR count). The summed E-state index contributed by atoms with van der Waals surface area (Å²) >= 11 is 1.68. The third-order valence-electron chi connectivity index (χ3n) is 3.30. The third kappa shape index (κ3) is 5.91. The minimum Gasteiger partial charge on any atom is -0.383 e. The van der Waals surface area contributed by atoms with Crippen molar-refractivity contribution in [3.8, 4) is 0 Å². The van der Waals surface area contributed by atoms with E-state index in [9.17, 15) is 4.39 Å². The van der Waals surface area contributed by atoms with Gasteiger partial charge in [-0.2, -0.15) is 0 Å². The fourth-order valence-electron chi connectivity index (χ4n) is 2.25. The van der Waals surface area contributed by atoms with Crippen LogP contribution in [0.4, 0.5) is 4.39 Å². The fourth-order valence-corrected chi connectivity index (χ4v) is 2.98. The quantitative estimate of drug-likeness (QED) is 0.723. The van der Waals surface area contributed by atoms with Crippen molar-refractivity contribution in [3.63, 3.8) is 0 Å². The van der Waals surface area contributed by atoms with Gasteiger partial charge in [-0.25, -0.2) is 9.37 Å². The maximum absolute atomic E-state index is 13.0. The lowest BCUT2D eigenvalue weighted by Crippen LogP contribution is -2.28. The minimum atomic E-state index is -0.187. The van der Waals surface area contributed by atoms with Crippen LogP contribution in [0.3, 0.4) is 0 Å². The summed E-state index contributed by atoms with van der Waals surface area (Å²) in [6.07, 6.45) is 3.70. The zero-order chi connectivity index (χ0) is 14.9. The molecule has 0 aliphatic heterocycles. The molecule has 0 saturated carbocycles. The number of hydrogen-bond donors (Lipinski definition) is 1. The summed E-state index contributed by atoms with van der Waals surface area (Å²) in [5, 5.41) is 6.56. The van der Waals surface area contributed by atoms with E-state index in [1.807, 2.05) is 23.7 Å². The first kappa shape index (κ1) is 16.1. The van der Waals surface area contributed by atoms with Crippen LogP contribution in [0.5, 0.6) is 0 Å². The molecule has 0 saturated heterocycles. The van der Waals surface area contributed by atoms with E-state index in [0.29, 0.717) is 12.5 Å². The molecule has 1 heterocycles. The lowest BCUT2D eigenvalue weighted by Gasteiger charge is -2.17. The first-order chi connectivity index (χ1) is 10.3. The van der Waals surface area contributed by atoms with Gasteiger partial charge in [0.15, 0.2) is 0 Å². The van der Waals surface area contributed by atoms with E-state index in [2.05, 4.69) is 10.3 Å². The summed E-state index contributed by atoms with van der Waals surface area (Å²) < 4.78 is 18.0. The van der Waals surface area contributed by atoms with Gasteiger partial charge in [-0.1, -0.05) is 12.1 Å². The van der Waals surface area contributed by atoms with E-state index in [4.69, 9.17) is 4.74 Å². The largest absolute Gasteiger partial charge is 0.383 e. The first-order valence-electron chi connectivity index (χ1n) is 7.10. The van der Waals surface area contributed by atoms with Crippen molar-refractivity contribution in [2.75, 3.05) is 26.8 Å². The van der Waals surface area contributed by atoms with E-state index in [-0.39, 0.29) is 5.82 Å². The second-order valence-electron chi connectivity index (χ2n) is 5.02. The topological polar surface area (TPSA) is 34.1 Å². The average Bonchev–Trinajstić information content (AvgIpc) is 2.99. The number of aromatic nitrogens is 1. The molecule has 1 atom stereocenters. The maximum atomic E-state index is 13.0. The van der Waals surface area contributed by atoms with Gasteiger partial charge in [0.2, 0.25) is 0 Å². The Morgan fingerprint density at radius 2 is 2.10 bits per heavy atom. The van der Waals surface area contributed by atoms with Gasteiger partial charge < -0.3 is 10.1 Å². The van der Waals surface area contributed by atoms with Crippen molar-refractivity contribution in [1.29, 1.82) is 0 Å². The van der Waals surface area contributed by atoms with Crippen LogP contribution in [0.2, 0.25) is 0 Å². The molecule has 0 bridgehead atoms. The molecule has 21 heavy (non-hydrogen) atoms. The fraction of sp³-hybridized carbons (Fsp3) is 0.438. The van der Waals surface area contributed by atoms with Crippen LogP contribution in [0.1, 0.15) is 10.6 Å². The van der Waals surface area contributed by atoms with Gasteiger partial charge in [-0.15, -0.1) is 11.3 Å². The Morgan fingerprint density at radius 1 is 1.29 bits per heavy atom. The molecule has 1 N–H and O–H groups in total. The second-order valence-corrected chi connectivity index (χ2v) is 6.00. The smallest absolute Gasteiger partial charge is 0.123 e. The Kier molecular flexibility index (Phi) is 6.79. The first-order valence-corrected chi connectivity index (χ1v) is 7.98. The van der Waals surface area contributed by atoms with Crippen LogP contribution in [-0.2, 0) is 17.6 Å². The number of benzene rings is 1. The van der Waals surface area contributed by atoms with E-state index in [1.54, 1.807) is 18.4 Å². The van der Waals surface area contributed by atoms with E-state index in [0.717, 1.165) is 36.5 Å². The van der Waals surface area contributed by atoms with Crippen molar-refractivity contribution in [2.24, 2.45) is 5.92 Å². The number of nitrogens with one attached hydrogen (secondary N) is 1. The predicted molar refractivity (Wildman–Crippen MR) is 84.2 cm³/mol. The predicted octanol–water partition coefficient (Wildman–Crippen LogP) is 2.92. The highest BCUT2D eigenvalue weighted by atomic mass is 32.1. The van der Waals surface area contributed by atoms with Crippen LogP contribution in [-0.4, -0.2) is 31.8 Å². The van der Waals surface area contributed by atoms with Crippen LogP contribution in [0.25, 0.3) is 0 Å². The molecule has 2 aromatic rings. The van der Waals surface area contributed by atoms with Gasteiger partial charge in [0, 0.05) is 31.7 Å². The Hall–Kier alpha value is -1.30. The molecule has 0 amide bonds. The molecular formula is C16H21FN2OS. The van der Waals surface area contributed by atoms with Crippen molar-refractivity contribution in [3.05, 3.63) is 52.2 Å². The highest BCUT2D eigenvalue weighted by Gasteiger charge is 2.12. The molecular weight excluding hydrogens is 287 g/mol. The van der Waals surface area contributed by atoms with Crippen molar-refractivity contribution < 1.29 is 9.13 Å². The van der Waals surface area contributed by atoms with Crippen LogP contribution < -0.4 is 5.32 Å². The van der Waals surface area contributed by atoms with Crippen LogP contribution in [0.15, 0.2) is 35.8 Å². The van der Waals surface area contributed by atoms with Gasteiger partial charge in [-0.3, -0.25) is 0 Å². The highest BCUT2D eigenvalue weighted by molar-refractivity contribution is 7.09. The van der Waals surface area contributed by atoms with Crippen molar-refractivity contribution in [1.82, 2.24) is 10.3 Å². The van der Waals surface area contributed by atoms with E-state index < -0.39 is 0 Å². The third-order valence-corrected chi connectivity index (χ3v) is 4.10. The molecule has 0 aliphatic rings. The average molecular weight is 308 g/mol. The number of thiazole rings is 1. The summed E-state index contributed by atoms with van der Waals surface area (Å²) in [5.41, 5.74) is 1.16. The number of halogens is 1. The van der Waals surface area contributed by atoms with Crippen molar-refractivity contribution >= 4 is 11.3 Å². The highest BCUT2D eigenvalue weighted by Crippen LogP contribution is 2.16. The second kappa shape index (κ2) is 8.87. The van der Waals surface area contributed by atoms with Gasteiger partial charge >= 0.3 is 0 Å². The lowest BCUT2D eigenvalue weighted by atomic mass is 9.96. The molecule has 0 radical (unpaired) electrons. The molecule has 0 spiro atoms. The normalized spacial score (nSPS) is 12.5. The molecule has 1 unspecified atom stereocenters. The monoisotopic (exact) mass is 308 g/mol. The van der Waals surface area contributed by atoms with Gasteiger partial charge in [0.1, 0.15) is 5.82 Å². The Balaban J connectivity index is 1.91.